The summed E-state index contributed by atoms with van der Waals surface area (Å²) in [5.74, 6) is 0. The molecule has 21 heavy (non-hydrogen) atoms. The first kappa shape index (κ1) is 15.9. The Kier molecular flexibility index (Phi) is 6.10. The first-order valence-electron chi connectivity index (χ1n) is 7.43. The molecule has 0 saturated carbocycles. The zero-order valence-corrected chi connectivity index (χ0v) is 12.4. The zero-order valence-electron chi connectivity index (χ0n) is 12.4. The lowest BCUT2D eigenvalue weighted by Gasteiger charge is -2.26. The van der Waals surface area contributed by atoms with Gasteiger partial charge in [0.25, 0.3) is 5.69 Å². The van der Waals surface area contributed by atoms with Crippen molar-refractivity contribution >= 4 is 5.69 Å². The molecule has 0 amide bonds. The van der Waals surface area contributed by atoms with Crippen molar-refractivity contribution in [1.82, 2.24) is 10.6 Å². The first-order valence-corrected chi connectivity index (χ1v) is 7.43. The molecule has 2 unspecified atom stereocenters. The second-order valence-electron chi connectivity index (χ2n) is 5.49. The van der Waals surface area contributed by atoms with Gasteiger partial charge in [0.05, 0.1) is 18.1 Å². The van der Waals surface area contributed by atoms with Crippen LogP contribution in [-0.2, 0) is 11.2 Å². The number of nitro benzene ring substituents is 1. The summed E-state index contributed by atoms with van der Waals surface area (Å²) in [5.41, 5.74) is 1.25. The van der Waals surface area contributed by atoms with Crippen LogP contribution in [0.1, 0.15) is 18.9 Å². The molecule has 1 saturated heterocycles. The zero-order chi connectivity index (χ0) is 15.1. The second kappa shape index (κ2) is 8.07. The molecule has 6 heteroatoms. The average molecular weight is 293 g/mol. The van der Waals surface area contributed by atoms with Crippen molar-refractivity contribution in [3.63, 3.8) is 0 Å². The quantitative estimate of drug-likeness (QED) is 0.588. The van der Waals surface area contributed by atoms with Gasteiger partial charge in [0.15, 0.2) is 0 Å². The van der Waals surface area contributed by atoms with Crippen LogP contribution in [0.15, 0.2) is 24.3 Å². The number of hydrogen-bond acceptors (Lipinski definition) is 5. The van der Waals surface area contributed by atoms with Crippen molar-refractivity contribution in [2.24, 2.45) is 0 Å². The van der Waals surface area contributed by atoms with E-state index >= 15 is 0 Å². The molecule has 2 rings (SSSR count). The van der Waals surface area contributed by atoms with E-state index in [-0.39, 0.29) is 10.6 Å². The van der Waals surface area contributed by atoms with E-state index in [9.17, 15) is 10.1 Å². The molecule has 1 aromatic rings. The van der Waals surface area contributed by atoms with Crippen LogP contribution in [0.4, 0.5) is 5.69 Å². The van der Waals surface area contributed by atoms with Crippen molar-refractivity contribution in [2.75, 3.05) is 26.3 Å². The third-order valence-corrected chi connectivity index (χ3v) is 3.69. The number of hydrogen-bond donors (Lipinski definition) is 2. The SMILES string of the molecule is CC(CC1COCCN1)NCCc1ccc([N+](=O)[O-])cc1. The highest BCUT2D eigenvalue weighted by atomic mass is 16.6. The topological polar surface area (TPSA) is 76.4 Å². The van der Waals surface area contributed by atoms with Crippen LogP contribution in [0.25, 0.3) is 0 Å². The fraction of sp³-hybridized carbons (Fsp3) is 0.600. The molecule has 2 atom stereocenters. The molecule has 1 heterocycles. The number of nitro groups is 1. The number of rotatable bonds is 7. The third-order valence-electron chi connectivity index (χ3n) is 3.69. The van der Waals surface area contributed by atoms with Crippen LogP contribution in [0.3, 0.4) is 0 Å². The maximum atomic E-state index is 10.6. The summed E-state index contributed by atoms with van der Waals surface area (Å²) in [6.45, 7) is 5.56. The minimum absolute atomic E-state index is 0.142. The van der Waals surface area contributed by atoms with Gasteiger partial charge < -0.3 is 15.4 Å². The minimum Gasteiger partial charge on any atom is -0.379 e. The molecule has 0 bridgehead atoms. The summed E-state index contributed by atoms with van der Waals surface area (Å²) in [6.07, 6.45) is 1.91. The number of morpholine rings is 1. The van der Waals surface area contributed by atoms with E-state index in [1.807, 2.05) is 12.1 Å². The Balaban J connectivity index is 1.67. The predicted octanol–water partition coefficient (Wildman–Crippen LogP) is 1.49. The molecule has 116 valence electrons. The lowest BCUT2D eigenvalue weighted by Crippen LogP contribution is -2.45. The average Bonchev–Trinajstić information content (AvgIpc) is 2.49. The molecular formula is C15H23N3O3. The van der Waals surface area contributed by atoms with Crippen LogP contribution in [0.5, 0.6) is 0 Å². The lowest BCUT2D eigenvalue weighted by atomic mass is 10.1. The molecule has 6 nitrogen and oxygen atoms in total. The fourth-order valence-corrected chi connectivity index (χ4v) is 2.53. The number of benzene rings is 1. The van der Waals surface area contributed by atoms with Crippen molar-refractivity contribution in [3.8, 4) is 0 Å². The number of ether oxygens (including phenoxy) is 1. The highest BCUT2D eigenvalue weighted by molar-refractivity contribution is 5.32. The molecule has 0 spiro atoms. The van der Waals surface area contributed by atoms with E-state index in [0.717, 1.165) is 44.7 Å². The maximum absolute atomic E-state index is 10.6. The van der Waals surface area contributed by atoms with Crippen LogP contribution in [0, 0.1) is 10.1 Å². The lowest BCUT2D eigenvalue weighted by molar-refractivity contribution is -0.384. The van der Waals surface area contributed by atoms with Crippen molar-refractivity contribution in [1.29, 1.82) is 0 Å². The third kappa shape index (κ3) is 5.41. The highest BCUT2D eigenvalue weighted by Gasteiger charge is 2.15. The van der Waals surface area contributed by atoms with E-state index in [2.05, 4.69) is 17.6 Å². The Morgan fingerprint density at radius 2 is 2.24 bits per heavy atom. The highest BCUT2D eigenvalue weighted by Crippen LogP contribution is 2.12. The van der Waals surface area contributed by atoms with Crippen LogP contribution >= 0.6 is 0 Å². The summed E-state index contributed by atoms with van der Waals surface area (Å²) in [5, 5.41) is 17.5. The summed E-state index contributed by atoms with van der Waals surface area (Å²) in [4.78, 5) is 10.2. The van der Waals surface area contributed by atoms with Gasteiger partial charge in [-0.25, -0.2) is 0 Å². The summed E-state index contributed by atoms with van der Waals surface area (Å²) in [6, 6.07) is 7.61. The summed E-state index contributed by atoms with van der Waals surface area (Å²) in [7, 11) is 0. The fourth-order valence-electron chi connectivity index (χ4n) is 2.53. The van der Waals surface area contributed by atoms with Crippen molar-refractivity contribution < 1.29 is 9.66 Å². The Morgan fingerprint density at radius 1 is 1.48 bits per heavy atom. The van der Waals surface area contributed by atoms with Gasteiger partial charge in [-0.15, -0.1) is 0 Å². The molecule has 2 N–H and O–H groups in total. The largest absolute Gasteiger partial charge is 0.379 e. The molecule has 0 aliphatic carbocycles. The molecule has 0 radical (unpaired) electrons. The van der Waals surface area contributed by atoms with E-state index < -0.39 is 0 Å². The van der Waals surface area contributed by atoms with E-state index in [1.165, 1.54) is 0 Å². The van der Waals surface area contributed by atoms with Crippen LogP contribution in [-0.4, -0.2) is 43.3 Å². The molecule has 0 aromatic heterocycles. The predicted molar refractivity (Wildman–Crippen MR) is 81.5 cm³/mol. The van der Waals surface area contributed by atoms with Crippen molar-refractivity contribution in [3.05, 3.63) is 39.9 Å². The van der Waals surface area contributed by atoms with Gasteiger partial charge in [0.1, 0.15) is 0 Å². The summed E-state index contributed by atoms with van der Waals surface area (Å²) < 4.78 is 5.44. The molecule has 1 fully saturated rings. The van der Waals surface area contributed by atoms with Gasteiger partial charge in [-0.1, -0.05) is 12.1 Å². The van der Waals surface area contributed by atoms with Crippen molar-refractivity contribution in [2.45, 2.75) is 31.8 Å². The van der Waals surface area contributed by atoms with Gasteiger partial charge in [-0.05, 0) is 31.9 Å². The van der Waals surface area contributed by atoms with Gasteiger partial charge in [-0.2, -0.15) is 0 Å². The molecular weight excluding hydrogens is 270 g/mol. The minimum atomic E-state index is -0.372. The summed E-state index contributed by atoms with van der Waals surface area (Å²) >= 11 is 0. The van der Waals surface area contributed by atoms with E-state index in [1.54, 1.807) is 12.1 Å². The Hall–Kier alpha value is -1.50. The van der Waals surface area contributed by atoms with Gasteiger partial charge in [0, 0.05) is 30.8 Å². The van der Waals surface area contributed by atoms with Crippen LogP contribution < -0.4 is 10.6 Å². The first-order chi connectivity index (χ1) is 10.1. The standard InChI is InChI=1S/C15H23N3O3/c1-12(10-14-11-21-9-8-17-14)16-7-6-13-2-4-15(5-3-13)18(19)20/h2-5,12,14,16-17H,6-11H2,1H3. The maximum Gasteiger partial charge on any atom is 0.269 e. The number of nitrogens with one attached hydrogen (secondary N) is 2. The van der Waals surface area contributed by atoms with Gasteiger partial charge in [0.2, 0.25) is 0 Å². The van der Waals surface area contributed by atoms with E-state index in [0.29, 0.717) is 12.1 Å². The van der Waals surface area contributed by atoms with Crippen LogP contribution in [0.2, 0.25) is 0 Å². The normalized spacial score (nSPS) is 20.1. The smallest absolute Gasteiger partial charge is 0.269 e. The van der Waals surface area contributed by atoms with E-state index in [4.69, 9.17) is 4.74 Å². The van der Waals surface area contributed by atoms with Gasteiger partial charge >= 0.3 is 0 Å². The monoisotopic (exact) mass is 293 g/mol. The molecule has 1 aliphatic rings. The molecule has 1 aromatic carbocycles. The number of nitrogens with zero attached hydrogens (tertiary/aromatic N) is 1. The Morgan fingerprint density at radius 3 is 2.86 bits per heavy atom. The Labute approximate surface area is 125 Å². The number of non-ortho nitro benzene ring substituents is 1. The van der Waals surface area contributed by atoms with Gasteiger partial charge in [-0.3, -0.25) is 10.1 Å². The Bertz CT molecular complexity index is 444. The molecule has 1 aliphatic heterocycles. The second-order valence-corrected chi connectivity index (χ2v) is 5.49.